The van der Waals surface area contributed by atoms with Crippen LogP contribution in [0.3, 0.4) is 0 Å². The molecule has 8 nitrogen and oxygen atoms in total. The molecule has 1 unspecified atom stereocenters. The molecule has 2 N–H and O–H groups in total. The molecule has 4 aliphatic carbocycles. The van der Waals surface area contributed by atoms with Gasteiger partial charge in [0.05, 0.1) is 22.4 Å². The van der Waals surface area contributed by atoms with Gasteiger partial charge in [0, 0.05) is 5.54 Å². The van der Waals surface area contributed by atoms with E-state index in [1.807, 2.05) is 20.8 Å². The number of amides is 3. The summed E-state index contributed by atoms with van der Waals surface area (Å²) in [5, 5.41) is 5.16. The standard InChI is InChI=1S/C25H33N3O5S/c1-24(2,3)28(23(31)25-12-15-8-16(13-25)10-17(9-15)14-25)20-11-21(29)27(22(20)30)18-4-6-19(7-5-18)34(26,32)33/h4-7,15-17,20H,8-14H2,1-3H3,(H2,26,32,33). The van der Waals surface area contributed by atoms with Gasteiger partial charge in [-0.15, -0.1) is 0 Å². The van der Waals surface area contributed by atoms with Crippen LogP contribution in [0.25, 0.3) is 0 Å². The zero-order valence-corrected chi connectivity index (χ0v) is 20.8. The van der Waals surface area contributed by atoms with Gasteiger partial charge >= 0.3 is 0 Å². The Kier molecular flexibility index (Phi) is 5.26. The quantitative estimate of drug-likeness (QED) is 0.655. The third-order valence-corrected chi connectivity index (χ3v) is 9.22. The number of sulfonamides is 1. The molecule has 0 aromatic heterocycles. The molecule has 1 atom stereocenters. The fourth-order valence-electron chi connectivity index (χ4n) is 7.42. The molecular formula is C25H33N3O5S. The van der Waals surface area contributed by atoms with Gasteiger partial charge in [-0.2, -0.15) is 0 Å². The van der Waals surface area contributed by atoms with Gasteiger partial charge in [-0.1, -0.05) is 0 Å². The predicted octanol–water partition coefficient (Wildman–Crippen LogP) is 2.81. The molecule has 4 bridgehead atoms. The third kappa shape index (κ3) is 3.77. The van der Waals surface area contributed by atoms with Gasteiger partial charge in [-0.05, 0) is 101 Å². The van der Waals surface area contributed by atoms with E-state index in [1.165, 1.54) is 43.5 Å². The number of anilines is 1. The summed E-state index contributed by atoms with van der Waals surface area (Å²) in [6, 6.07) is 4.49. The summed E-state index contributed by atoms with van der Waals surface area (Å²) in [6.45, 7) is 5.77. The van der Waals surface area contributed by atoms with Crippen LogP contribution in [0.15, 0.2) is 29.2 Å². The van der Waals surface area contributed by atoms with Crippen molar-refractivity contribution in [3.05, 3.63) is 24.3 Å². The van der Waals surface area contributed by atoms with Crippen molar-refractivity contribution >= 4 is 33.4 Å². The molecule has 5 aliphatic rings. The first kappa shape index (κ1) is 23.5. The predicted molar refractivity (Wildman–Crippen MR) is 126 cm³/mol. The van der Waals surface area contributed by atoms with Crippen molar-refractivity contribution in [3.63, 3.8) is 0 Å². The monoisotopic (exact) mass is 487 g/mol. The van der Waals surface area contributed by atoms with Gasteiger partial charge in [0.15, 0.2) is 0 Å². The summed E-state index contributed by atoms with van der Waals surface area (Å²) in [5.41, 5.74) is -0.772. The number of imide groups is 1. The Morgan fingerprint density at radius 1 is 1.00 bits per heavy atom. The maximum atomic E-state index is 14.2. The van der Waals surface area contributed by atoms with Crippen LogP contribution in [0, 0.1) is 23.2 Å². The maximum Gasteiger partial charge on any atom is 0.257 e. The molecule has 1 heterocycles. The van der Waals surface area contributed by atoms with Crippen LogP contribution in [0.1, 0.15) is 65.7 Å². The van der Waals surface area contributed by atoms with E-state index in [2.05, 4.69) is 0 Å². The molecule has 1 aliphatic heterocycles. The molecule has 1 saturated heterocycles. The van der Waals surface area contributed by atoms with Crippen LogP contribution in [0.4, 0.5) is 5.69 Å². The third-order valence-electron chi connectivity index (χ3n) is 8.29. The summed E-state index contributed by atoms with van der Waals surface area (Å²) >= 11 is 0. The van der Waals surface area contributed by atoms with Gasteiger partial charge in [-0.3, -0.25) is 14.4 Å². The molecular weight excluding hydrogens is 454 g/mol. The van der Waals surface area contributed by atoms with E-state index in [-0.39, 0.29) is 22.9 Å². The van der Waals surface area contributed by atoms with Crippen LogP contribution in [0.2, 0.25) is 0 Å². The summed E-state index contributed by atoms with van der Waals surface area (Å²) < 4.78 is 23.1. The minimum atomic E-state index is -3.89. The van der Waals surface area contributed by atoms with Crippen molar-refractivity contribution in [2.75, 3.05) is 4.90 Å². The Morgan fingerprint density at radius 3 is 1.94 bits per heavy atom. The van der Waals surface area contributed by atoms with Crippen molar-refractivity contribution in [1.82, 2.24) is 4.90 Å². The molecule has 1 aromatic carbocycles. The van der Waals surface area contributed by atoms with Crippen LogP contribution in [-0.4, -0.2) is 42.6 Å². The molecule has 4 saturated carbocycles. The molecule has 1 aromatic rings. The lowest BCUT2D eigenvalue weighted by atomic mass is 9.49. The lowest BCUT2D eigenvalue weighted by Crippen LogP contribution is -2.62. The van der Waals surface area contributed by atoms with E-state index in [9.17, 15) is 22.8 Å². The lowest BCUT2D eigenvalue weighted by molar-refractivity contribution is -0.167. The molecule has 0 radical (unpaired) electrons. The number of rotatable bonds is 4. The number of hydrogen-bond acceptors (Lipinski definition) is 5. The van der Waals surface area contributed by atoms with Crippen molar-refractivity contribution in [1.29, 1.82) is 0 Å². The minimum Gasteiger partial charge on any atom is -0.325 e. The molecule has 5 fully saturated rings. The summed E-state index contributed by atoms with van der Waals surface area (Å²) in [6.07, 6.45) is 6.22. The number of hydrogen-bond donors (Lipinski definition) is 1. The first-order chi connectivity index (χ1) is 15.8. The van der Waals surface area contributed by atoms with Crippen molar-refractivity contribution in [3.8, 4) is 0 Å². The van der Waals surface area contributed by atoms with Crippen LogP contribution in [-0.2, 0) is 24.4 Å². The minimum absolute atomic E-state index is 0.0247. The average molecular weight is 488 g/mol. The van der Waals surface area contributed by atoms with E-state index in [0.29, 0.717) is 17.8 Å². The van der Waals surface area contributed by atoms with E-state index in [1.54, 1.807) is 4.90 Å². The number of carbonyl (C=O) groups excluding carboxylic acids is 3. The number of benzene rings is 1. The van der Waals surface area contributed by atoms with Gasteiger partial charge in [-0.25, -0.2) is 18.5 Å². The second kappa shape index (κ2) is 7.62. The Balaban J connectivity index is 1.45. The normalized spacial score (nSPS) is 33.0. The highest BCUT2D eigenvalue weighted by Gasteiger charge is 2.58. The smallest absolute Gasteiger partial charge is 0.257 e. The highest BCUT2D eigenvalue weighted by Crippen LogP contribution is 2.61. The first-order valence-electron chi connectivity index (χ1n) is 12.1. The highest BCUT2D eigenvalue weighted by atomic mass is 32.2. The Morgan fingerprint density at radius 2 is 1.50 bits per heavy atom. The molecule has 3 amide bonds. The van der Waals surface area contributed by atoms with Crippen molar-refractivity contribution in [2.24, 2.45) is 28.3 Å². The van der Waals surface area contributed by atoms with Crippen LogP contribution >= 0.6 is 0 Å². The molecule has 184 valence electrons. The van der Waals surface area contributed by atoms with Crippen molar-refractivity contribution < 1.29 is 22.8 Å². The van der Waals surface area contributed by atoms with Gasteiger partial charge in [0.2, 0.25) is 21.8 Å². The van der Waals surface area contributed by atoms with Gasteiger partial charge in [0.1, 0.15) is 6.04 Å². The Bertz CT molecular complexity index is 1120. The lowest BCUT2D eigenvalue weighted by Gasteiger charge is -2.58. The van der Waals surface area contributed by atoms with E-state index in [4.69, 9.17) is 5.14 Å². The van der Waals surface area contributed by atoms with E-state index >= 15 is 0 Å². The Labute approximate surface area is 200 Å². The number of nitrogens with two attached hydrogens (primary N) is 1. The number of primary sulfonamides is 1. The van der Waals surface area contributed by atoms with Crippen LogP contribution in [0.5, 0.6) is 0 Å². The fraction of sp³-hybridized carbons (Fsp3) is 0.640. The topological polar surface area (TPSA) is 118 Å². The zero-order chi connectivity index (χ0) is 24.6. The highest BCUT2D eigenvalue weighted by molar-refractivity contribution is 7.89. The summed E-state index contributed by atoms with van der Waals surface area (Å²) in [5.74, 6) is 0.953. The van der Waals surface area contributed by atoms with E-state index in [0.717, 1.165) is 24.2 Å². The zero-order valence-electron chi connectivity index (χ0n) is 20.0. The molecule has 6 rings (SSSR count). The number of nitrogens with zero attached hydrogens (tertiary/aromatic N) is 2. The Hall–Kier alpha value is -2.26. The fourth-order valence-corrected chi connectivity index (χ4v) is 7.93. The maximum absolute atomic E-state index is 14.2. The molecule has 34 heavy (non-hydrogen) atoms. The second-order valence-electron chi connectivity index (χ2n) is 11.9. The van der Waals surface area contributed by atoms with Gasteiger partial charge < -0.3 is 4.90 Å². The number of carbonyl (C=O) groups is 3. The molecule has 0 spiro atoms. The summed E-state index contributed by atoms with van der Waals surface area (Å²) in [7, 11) is -3.89. The largest absolute Gasteiger partial charge is 0.325 e. The first-order valence-corrected chi connectivity index (χ1v) is 13.7. The van der Waals surface area contributed by atoms with Crippen LogP contribution < -0.4 is 10.0 Å². The molecule has 9 heteroatoms. The average Bonchev–Trinajstić information content (AvgIpc) is 2.99. The second-order valence-corrected chi connectivity index (χ2v) is 13.4. The van der Waals surface area contributed by atoms with Crippen molar-refractivity contribution in [2.45, 2.75) is 82.2 Å². The van der Waals surface area contributed by atoms with Gasteiger partial charge in [0.25, 0.3) is 5.91 Å². The SMILES string of the molecule is CC(C)(C)N(C(=O)C12CC3CC(CC(C3)C1)C2)C1CC(=O)N(c2ccc(S(N)(=O)=O)cc2)C1=O. The summed E-state index contributed by atoms with van der Waals surface area (Å²) in [4.78, 5) is 43.5. The van der Waals surface area contributed by atoms with E-state index < -0.39 is 38.8 Å².